The SMILES string of the molecule is CC(=O)Nc1cccc(NC(=O)Cn2nc(-c3ccc(Br)cc3)ccc2=O)c1. The summed E-state index contributed by atoms with van der Waals surface area (Å²) in [5, 5.41) is 9.63. The van der Waals surface area contributed by atoms with Crippen LogP contribution < -0.4 is 16.2 Å². The van der Waals surface area contributed by atoms with Gasteiger partial charge in [-0.1, -0.05) is 34.1 Å². The molecule has 0 saturated heterocycles. The Kier molecular flexibility index (Phi) is 6.00. The fourth-order valence-corrected chi connectivity index (χ4v) is 2.82. The molecule has 2 amide bonds. The molecule has 28 heavy (non-hydrogen) atoms. The van der Waals surface area contributed by atoms with Crippen molar-refractivity contribution in [3.63, 3.8) is 0 Å². The van der Waals surface area contributed by atoms with Crippen molar-refractivity contribution in [2.24, 2.45) is 0 Å². The van der Waals surface area contributed by atoms with Gasteiger partial charge in [-0.15, -0.1) is 0 Å². The number of benzene rings is 2. The number of nitrogens with one attached hydrogen (secondary N) is 2. The Morgan fingerprint density at radius 1 is 1.00 bits per heavy atom. The highest BCUT2D eigenvalue weighted by molar-refractivity contribution is 9.10. The zero-order valence-corrected chi connectivity index (χ0v) is 16.6. The second kappa shape index (κ2) is 8.62. The van der Waals surface area contributed by atoms with Crippen molar-refractivity contribution in [2.75, 3.05) is 10.6 Å². The Morgan fingerprint density at radius 2 is 1.68 bits per heavy atom. The van der Waals surface area contributed by atoms with Crippen LogP contribution in [-0.2, 0) is 16.1 Å². The number of carbonyl (C=O) groups is 2. The Balaban J connectivity index is 1.75. The van der Waals surface area contributed by atoms with Gasteiger partial charge in [-0.2, -0.15) is 5.10 Å². The third-order valence-electron chi connectivity index (χ3n) is 3.77. The lowest BCUT2D eigenvalue weighted by molar-refractivity contribution is -0.117. The van der Waals surface area contributed by atoms with Crippen molar-refractivity contribution >= 4 is 39.1 Å². The van der Waals surface area contributed by atoms with Crippen LogP contribution in [0.2, 0.25) is 0 Å². The number of halogens is 1. The van der Waals surface area contributed by atoms with E-state index >= 15 is 0 Å². The van der Waals surface area contributed by atoms with Crippen molar-refractivity contribution in [2.45, 2.75) is 13.5 Å². The lowest BCUT2D eigenvalue weighted by atomic mass is 10.1. The standard InChI is InChI=1S/C20H17BrN4O3/c1-13(26)22-16-3-2-4-17(11-16)23-19(27)12-25-20(28)10-9-18(24-25)14-5-7-15(21)8-6-14/h2-11H,12H2,1H3,(H,22,26)(H,23,27). The number of carbonyl (C=O) groups excluding carboxylic acids is 2. The molecule has 0 aliphatic carbocycles. The average molecular weight is 441 g/mol. The first-order valence-corrected chi connectivity index (χ1v) is 9.21. The minimum Gasteiger partial charge on any atom is -0.326 e. The molecule has 0 saturated carbocycles. The summed E-state index contributed by atoms with van der Waals surface area (Å²) in [7, 11) is 0. The van der Waals surface area contributed by atoms with Gasteiger partial charge in [0.25, 0.3) is 5.56 Å². The molecule has 0 bridgehead atoms. The van der Waals surface area contributed by atoms with Crippen LogP contribution in [0.1, 0.15) is 6.92 Å². The predicted octanol–water partition coefficient (Wildman–Crippen LogP) is 3.27. The molecule has 2 aromatic carbocycles. The smallest absolute Gasteiger partial charge is 0.267 e. The van der Waals surface area contributed by atoms with Crippen molar-refractivity contribution in [1.82, 2.24) is 9.78 Å². The van der Waals surface area contributed by atoms with Gasteiger partial charge in [0.2, 0.25) is 11.8 Å². The van der Waals surface area contributed by atoms with E-state index in [-0.39, 0.29) is 18.0 Å². The van der Waals surface area contributed by atoms with E-state index in [4.69, 9.17) is 0 Å². The summed E-state index contributed by atoms with van der Waals surface area (Å²) < 4.78 is 2.05. The molecule has 142 valence electrons. The number of hydrogen-bond acceptors (Lipinski definition) is 4. The number of anilines is 2. The van der Waals surface area contributed by atoms with Crippen molar-refractivity contribution in [3.8, 4) is 11.3 Å². The molecule has 0 atom stereocenters. The van der Waals surface area contributed by atoms with E-state index in [9.17, 15) is 14.4 Å². The van der Waals surface area contributed by atoms with Gasteiger partial charge in [0, 0.05) is 34.4 Å². The highest BCUT2D eigenvalue weighted by atomic mass is 79.9. The lowest BCUT2D eigenvalue weighted by Crippen LogP contribution is -2.29. The molecule has 0 radical (unpaired) electrons. The van der Waals surface area contributed by atoms with Crippen LogP contribution in [0.3, 0.4) is 0 Å². The first kappa shape index (κ1) is 19.5. The first-order valence-electron chi connectivity index (χ1n) is 8.42. The van der Waals surface area contributed by atoms with Gasteiger partial charge in [-0.05, 0) is 36.4 Å². The summed E-state index contributed by atoms with van der Waals surface area (Å²) in [5.74, 6) is -0.605. The normalized spacial score (nSPS) is 10.4. The fraction of sp³-hybridized carbons (Fsp3) is 0.100. The second-order valence-electron chi connectivity index (χ2n) is 6.03. The maximum atomic E-state index is 12.4. The van der Waals surface area contributed by atoms with E-state index in [0.717, 1.165) is 14.7 Å². The zero-order valence-electron chi connectivity index (χ0n) is 15.0. The summed E-state index contributed by atoms with van der Waals surface area (Å²) >= 11 is 3.37. The summed E-state index contributed by atoms with van der Waals surface area (Å²) in [4.78, 5) is 35.6. The minimum absolute atomic E-state index is 0.205. The van der Waals surface area contributed by atoms with Gasteiger partial charge >= 0.3 is 0 Å². The third-order valence-corrected chi connectivity index (χ3v) is 4.30. The number of rotatable bonds is 5. The van der Waals surface area contributed by atoms with E-state index in [2.05, 4.69) is 31.7 Å². The first-order chi connectivity index (χ1) is 13.4. The fourth-order valence-electron chi connectivity index (χ4n) is 2.55. The third kappa shape index (κ3) is 5.14. The van der Waals surface area contributed by atoms with E-state index in [1.807, 2.05) is 24.3 Å². The molecule has 2 N–H and O–H groups in total. The van der Waals surface area contributed by atoms with Gasteiger partial charge in [0.05, 0.1) is 5.69 Å². The zero-order chi connectivity index (χ0) is 20.1. The molecule has 8 heteroatoms. The van der Waals surface area contributed by atoms with Crippen LogP contribution in [0.5, 0.6) is 0 Å². The van der Waals surface area contributed by atoms with Crippen LogP contribution in [0.25, 0.3) is 11.3 Å². The molecular formula is C20H17BrN4O3. The van der Waals surface area contributed by atoms with Crippen LogP contribution in [-0.4, -0.2) is 21.6 Å². The molecule has 1 heterocycles. The lowest BCUT2D eigenvalue weighted by Gasteiger charge is -2.10. The summed E-state index contributed by atoms with van der Waals surface area (Å²) in [5.41, 5.74) is 2.13. The second-order valence-corrected chi connectivity index (χ2v) is 6.95. The largest absolute Gasteiger partial charge is 0.326 e. The molecule has 0 fully saturated rings. The molecule has 3 rings (SSSR count). The van der Waals surface area contributed by atoms with Crippen LogP contribution in [0.4, 0.5) is 11.4 Å². The van der Waals surface area contributed by atoms with Gasteiger partial charge < -0.3 is 10.6 Å². The number of nitrogens with zero attached hydrogens (tertiary/aromatic N) is 2. The number of hydrogen-bond donors (Lipinski definition) is 2. The van der Waals surface area contributed by atoms with E-state index in [1.165, 1.54) is 13.0 Å². The molecule has 7 nitrogen and oxygen atoms in total. The number of aromatic nitrogens is 2. The summed E-state index contributed by atoms with van der Waals surface area (Å²) in [6, 6.07) is 17.2. The van der Waals surface area contributed by atoms with E-state index in [0.29, 0.717) is 17.1 Å². The van der Waals surface area contributed by atoms with Crippen molar-refractivity contribution in [1.29, 1.82) is 0 Å². The molecule has 3 aromatic rings. The molecule has 0 aliphatic heterocycles. The molecule has 0 spiro atoms. The van der Waals surface area contributed by atoms with Crippen molar-refractivity contribution < 1.29 is 9.59 Å². The van der Waals surface area contributed by atoms with Gasteiger partial charge in [0.1, 0.15) is 6.54 Å². The van der Waals surface area contributed by atoms with Gasteiger partial charge in [0.15, 0.2) is 0 Å². The van der Waals surface area contributed by atoms with Crippen LogP contribution in [0, 0.1) is 0 Å². The highest BCUT2D eigenvalue weighted by Crippen LogP contribution is 2.19. The summed E-state index contributed by atoms with van der Waals surface area (Å²) in [6.07, 6.45) is 0. The van der Waals surface area contributed by atoms with Crippen molar-refractivity contribution in [3.05, 3.63) is 75.5 Å². The monoisotopic (exact) mass is 440 g/mol. The minimum atomic E-state index is -0.400. The predicted molar refractivity (Wildman–Crippen MR) is 111 cm³/mol. The summed E-state index contributed by atoms with van der Waals surface area (Å²) in [6.45, 7) is 1.18. The van der Waals surface area contributed by atoms with Crippen LogP contribution in [0.15, 0.2) is 69.9 Å². The Bertz CT molecular complexity index is 1080. The number of amides is 2. The van der Waals surface area contributed by atoms with Gasteiger partial charge in [-0.25, -0.2) is 4.68 Å². The molecule has 1 aromatic heterocycles. The Hall–Kier alpha value is -3.26. The quantitative estimate of drug-likeness (QED) is 0.636. The molecular weight excluding hydrogens is 424 g/mol. The topological polar surface area (TPSA) is 93.1 Å². The maximum absolute atomic E-state index is 12.4. The Morgan fingerprint density at radius 3 is 2.36 bits per heavy atom. The molecule has 0 aliphatic rings. The van der Waals surface area contributed by atoms with E-state index < -0.39 is 5.91 Å². The van der Waals surface area contributed by atoms with Crippen LogP contribution >= 0.6 is 15.9 Å². The highest BCUT2D eigenvalue weighted by Gasteiger charge is 2.09. The van der Waals surface area contributed by atoms with E-state index in [1.54, 1.807) is 30.3 Å². The maximum Gasteiger partial charge on any atom is 0.267 e. The van der Waals surface area contributed by atoms with Gasteiger partial charge in [-0.3, -0.25) is 14.4 Å². The average Bonchev–Trinajstić information content (AvgIpc) is 2.64. The molecule has 0 unspecified atom stereocenters. The Labute approximate surface area is 169 Å².